The molecular formula is C21H24N2O3S2. The molecule has 3 rings (SSSR count). The number of thiazole rings is 1. The minimum atomic E-state index is -3.37. The number of carbonyl (C=O) groups is 1. The van der Waals surface area contributed by atoms with E-state index >= 15 is 0 Å². The zero-order chi connectivity index (χ0) is 20.3. The molecule has 0 aliphatic heterocycles. The van der Waals surface area contributed by atoms with Gasteiger partial charge >= 0.3 is 0 Å². The fraction of sp³-hybridized carbons (Fsp3) is 0.333. The Morgan fingerprint density at radius 3 is 2.54 bits per heavy atom. The number of sulfone groups is 1. The van der Waals surface area contributed by atoms with Crippen molar-refractivity contribution in [1.82, 2.24) is 4.57 Å². The van der Waals surface area contributed by atoms with Gasteiger partial charge in [-0.15, -0.1) is 0 Å². The van der Waals surface area contributed by atoms with E-state index in [0.29, 0.717) is 9.70 Å². The smallest absolute Gasteiger partial charge is 0.248 e. The average molecular weight is 417 g/mol. The fourth-order valence-corrected chi connectivity index (χ4v) is 5.72. The first-order valence-corrected chi connectivity index (χ1v) is 11.7. The number of fused-ring (bicyclic) bond motifs is 1. The quantitative estimate of drug-likeness (QED) is 0.609. The van der Waals surface area contributed by atoms with Crippen LogP contribution in [0.2, 0.25) is 0 Å². The summed E-state index contributed by atoms with van der Waals surface area (Å²) in [7, 11) is -3.37. The van der Waals surface area contributed by atoms with Crippen molar-refractivity contribution in [2.75, 3.05) is 5.75 Å². The lowest BCUT2D eigenvalue weighted by Crippen LogP contribution is -2.16. The molecule has 7 heteroatoms. The van der Waals surface area contributed by atoms with Gasteiger partial charge in [-0.2, -0.15) is 4.99 Å². The number of nitrogens with zero attached hydrogens (tertiary/aromatic N) is 2. The molecule has 0 N–H and O–H groups in total. The number of carbonyl (C=O) groups excluding carboxylic acids is 1. The second-order valence-electron chi connectivity index (χ2n) is 6.80. The molecule has 5 nitrogen and oxygen atoms in total. The second kappa shape index (κ2) is 8.41. The van der Waals surface area contributed by atoms with Gasteiger partial charge in [0.25, 0.3) is 0 Å². The van der Waals surface area contributed by atoms with Crippen LogP contribution in [0.25, 0.3) is 10.2 Å². The molecule has 2 aromatic carbocycles. The Hall–Kier alpha value is -2.25. The number of rotatable bonds is 6. The minimum absolute atomic E-state index is 0.0588. The normalized spacial score (nSPS) is 12.6. The van der Waals surface area contributed by atoms with Crippen molar-refractivity contribution in [2.24, 2.45) is 4.99 Å². The molecule has 0 saturated heterocycles. The molecule has 148 valence electrons. The zero-order valence-electron chi connectivity index (χ0n) is 16.3. The maximum atomic E-state index is 12.4. The topological polar surface area (TPSA) is 68.5 Å². The van der Waals surface area contributed by atoms with E-state index in [4.69, 9.17) is 0 Å². The van der Waals surface area contributed by atoms with Crippen LogP contribution < -0.4 is 4.80 Å². The summed E-state index contributed by atoms with van der Waals surface area (Å²) >= 11 is 1.51. The van der Waals surface area contributed by atoms with E-state index in [0.717, 1.165) is 16.8 Å². The largest absolute Gasteiger partial charge is 0.317 e. The Labute approximate surface area is 169 Å². The first kappa shape index (κ1) is 20.5. The first-order chi connectivity index (χ1) is 13.3. The van der Waals surface area contributed by atoms with Gasteiger partial charge in [0, 0.05) is 13.0 Å². The Kier molecular flexibility index (Phi) is 6.15. The molecular weight excluding hydrogens is 392 g/mol. The summed E-state index contributed by atoms with van der Waals surface area (Å²) in [5, 5.41) is 0. The SMILES string of the molecule is CCn1c(=NC(=O)CCCS(=O)(=O)c2ccccc2)sc2c(C)cc(C)cc21. The highest BCUT2D eigenvalue weighted by Gasteiger charge is 2.15. The number of aryl methyl sites for hydroxylation is 3. The zero-order valence-corrected chi connectivity index (χ0v) is 17.9. The van der Waals surface area contributed by atoms with E-state index in [2.05, 4.69) is 31.0 Å². The molecule has 1 heterocycles. The summed E-state index contributed by atoms with van der Waals surface area (Å²) in [6, 6.07) is 12.6. The van der Waals surface area contributed by atoms with Gasteiger partial charge in [0.05, 0.1) is 20.9 Å². The lowest BCUT2D eigenvalue weighted by Gasteiger charge is -2.03. The summed E-state index contributed by atoms with van der Waals surface area (Å²) in [5.41, 5.74) is 3.43. The molecule has 1 amide bonds. The maximum absolute atomic E-state index is 12.4. The third kappa shape index (κ3) is 4.42. The lowest BCUT2D eigenvalue weighted by molar-refractivity contribution is -0.118. The monoisotopic (exact) mass is 416 g/mol. The van der Waals surface area contributed by atoms with Gasteiger partial charge in [0.15, 0.2) is 14.6 Å². The molecule has 0 aliphatic rings. The average Bonchev–Trinajstić information content (AvgIpc) is 2.99. The van der Waals surface area contributed by atoms with Crippen molar-refractivity contribution < 1.29 is 13.2 Å². The Morgan fingerprint density at radius 2 is 1.86 bits per heavy atom. The van der Waals surface area contributed by atoms with Crippen molar-refractivity contribution in [3.8, 4) is 0 Å². The molecule has 3 aromatic rings. The standard InChI is InChI=1S/C21H24N2O3S2/c1-4-23-18-14-15(2)13-16(3)20(18)27-21(23)22-19(24)11-8-12-28(25,26)17-9-6-5-7-10-17/h5-7,9-10,13-14H,4,8,11-12H2,1-3H3. The summed E-state index contributed by atoms with van der Waals surface area (Å²) < 4.78 is 27.8. The van der Waals surface area contributed by atoms with Crippen molar-refractivity contribution in [3.63, 3.8) is 0 Å². The van der Waals surface area contributed by atoms with Crippen LogP contribution in [0, 0.1) is 13.8 Å². The minimum Gasteiger partial charge on any atom is -0.317 e. The molecule has 28 heavy (non-hydrogen) atoms. The van der Waals surface area contributed by atoms with E-state index in [1.807, 2.05) is 11.5 Å². The number of amides is 1. The van der Waals surface area contributed by atoms with Gasteiger partial charge in [-0.25, -0.2) is 8.42 Å². The molecule has 0 saturated carbocycles. The van der Waals surface area contributed by atoms with Crippen molar-refractivity contribution >= 4 is 37.3 Å². The van der Waals surface area contributed by atoms with Gasteiger partial charge in [0.2, 0.25) is 5.91 Å². The molecule has 0 unspecified atom stereocenters. The third-order valence-corrected chi connectivity index (χ3v) is 7.60. The van der Waals surface area contributed by atoms with E-state index < -0.39 is 9.84 Å². The summed E-state index contributed by atoms with van der Waals surface area (Å²) in [4.78, 5) is 17.6. The molecule has 0 bridgehead atoms. The Balaban J connectivity index is 1.77. The highest BCUT2D eigenvalue weighted by Crippen LogP contribution is 2.23. The van der Waals surface area contributed by atoms with Crippen molar-refractivity contribution in [3.05, 3.63) is 58.4 Å². The highest BCUT2D eigenvalue weighted by atomic mass is 32.2. The van der Waals surface area contributed by atoms with Crippen LogP contribution in [-0.4, -0.2) is 24.6 Å². The van der Waals surface area contributed by atoms with E-state index in [9.17, 15) is 13.2 Å². The van der Waals surface area contributed by atoms with Gasteiger partial charge in [-0.1, -0.05) is 35.6 Å². The van der Waals surface area contributed by atoms with Gasteiger partial charge < -0.3 is 4.57 Å². The predicted octanol–water partition coefficient (Wildman–Crippen LogP) is 4.02. The number of benzene rings is 2. The Bertz CT molecular complexity index is 1170. The van der Waals surface area contributed by atoms with E-state index in [1.165, 1.54) is 22.5 Å². The van der Waals surface area contributed by atoms with Crippen LogP contribution in [0.4, 0.5) is 0 Å². The number of hydrogen-bond donors (Lipinski definition) is 0. The maximum Gasteiger partial charge on any atom is 0.248 e. The number of aromatic nitrogens is 1. The predicted molar refractivity (Wildman–Crippen MR) is 113 cm³/mol. The van der Waals surface area contributed by atoms with Crippen LogP contribution in [-0.2, 0) is 21.2 Å². The van der Waals surface area contributed by atoms with Crippen LogP contribution in [0.15, 0.2) is 52.4 Å². The third-order valence-electron chi connectivity index (χ3n) is 4.56. The van der Waals surface area contributed by atoms with Crippen LogP contribution >= 0.6 is 11.3 Å². The van der Waals surface area contributed by atoms with Crippen LogP contribution in [0.5, 0.6) is 0 Å². The molecule has 0 radical (unpaired) electrons. The highest BCUT2D eigenvalue weighted by molar-refractivity contribution is 7.91. The first-order valence-electron chi connectivity index (χ1n) is 9.28. The van der Waals surface area contributed by atoms with Gasteiger partial charge in [-0.05, 0) is 56.5 Å². The summed E-state index contributed by atoms with van der Waals surface area (Å²) in [5.74, 6) is -0.345. The number of hydrogen-bond acceptors (Lipinski definition) is 4. The van der Waals surface area contributed by atoms with Crippen molar-refractivity contribution in [1.29, 1.82) is 0 Å². The van der Waals surface area contributed by atoms with Gasteiger partial charge in [-0.3, -0.25) is 4.79 Å². The molecule has 1 aromatic heterocycles. The molecule has 0 atom stereocenters. The lowest BCUT2D eigenvalue weighted by atomic mass is 10.1. The Morgan fingerprint density at radius 1 is 1.14 bits per heavy atom. The summed E-state index contributed by atoms with van der Waals surface area (Å²) in [6.07, 6.45) is 0.372. The van der Waals surface area contributed by atoms with Crippen molar-refractivity contribution in [2.45, 2.75) is 45.1 Å². The van der Waals surface area contributed by atoms with E-state index in [1.54, 1.807) is 30.3 Å². The van der Waals surface area contributed by atoms with Crippen LogP contribution in [0.3, 0.4) is 0 Å². The second-order valence-corrected chi connectivity index (χ2v) is 9.89. The molecule has 0 aliphatic carbocycles. The van der Waals surface area contributed by atoms with Crippen LogP contribution in [0.1, 0.15) is 30.9 Å². The van der Waals surface area contributed by atoms with Gasteiger partial charge in [0.1, 0.15) is 0 Å². The fourth-order valence-electron chi connectivity index (χ4n) is 3.23. The molecule has 0 spiro atoms. The molecule has 0 fully saturated rings. The summed E-state index contributed by atoms with van der Waals surface area (Å²) in [6.45, 7) is 6.86. The van der Waals surface area contributed by atoms with E-state index in [-0.39, 0.29) is 24.5 Å².